The number of anilines is 1. The molecule has 1 rings (SSSR count). The molecule has 1 aromatic heterocycles. The summed E-state index contributed by atoms with van der Waals surface area (Å²) < 4.78 is 4.47. The number of nitrogen functional groups attached to an aromatic ring is 1. The minimum absolute atomic E-state index is 0.240. The predicted molar refractivity (Wildman–Crippen MR) is 48.2 cm³/mol. The van der Waals surface area contributed by atoms with Crippen molar-refractivity contribution in [2.45, 2.75) is 11.6 Å². The second-order valence-corrected chi connectivity index (χ2v) is 3.24. The Labute approximate surface area is 79.2 Å². The number of esters is 1. The van der Waals surface area contributed by atoms with E-state index < -0.39 is 0 Å². The van der Waals surface area contributed by atoms with Crippen LogP contribution in [0.15, 0.2) is 5.16 Å². The number of nitrogens with zero attached hydrogens (tertiary/aromatic N) is 2. The zero-order chi connectivity index (χ0) is 9.68. The Morgan fingerprint density at radius 3 is 3.08 bits per heavy atom. The Bertz CT molecular complexity index is 288. The maximum absolute atomic E-state index is 10.7. The van der Waals surface area contributed by atoms with E-state index in [9.17, 15) is 4.79 Å². The van der Waals surface area contributed by atoms with E-state index in [1.165, 1.54) is 18.9 Å². The van der Waals surface area contributed by atoms with Crippen LogP contribution in [0.2, 0.25) is 0 Å². The Morgan fingerprint density at radius 1 is 1.77 bits per heavy atom. The number of hydrogen-bond donors (Lipinski definition) is 2. The minimum Gasteiger partial charge on any atom is -0.469 e. The Hall–Kier alpha value is -1.24. The third-order valence-electron chi connectivity index (χ3n) is 1.25. The van der Waals surface area contributed by atoms with Crippen LogP contribution in [0.3, 0.4) is 0 Å². The molecule has 0 aromatic carbocycles. The molecule has 0 aliphatic carbocycles. The fraction of sp³-hybridized carbons (Fsp3) is 0.500. The van der Waals surface area contributed by atoms with Gasteiger partial charge in [0.1, 0.15) is 0 Å². The van der Waals surface area contributed by atoms with Gasteiger partial charge < -0.3 is 10.5 Å². The van der Waals surface area contributed by atoms with Gasteiger partial charge in [0.25, 0.3) is 0 Å². The summed E-state index contributed by atoms with van der Waals surface area (Å²) in [6.07, 6.45) is 0.343. The molecule has 0 saturated carbocycles. The highest BCUT2D eigenvalue weighted by molar-refractivity contribution is 7.99. The number of nitrogens with two attached hydrogens (primary N) is 1. The SMILES string of the molecule is COC(=O)CCSc1n[nH]c(N)n1. The molecule has 0 spiro atoms. The zero-order valence-electron chi connectivity index (χ0n) is 7.11. The lowest BCUT2D eigenvalue weighted by Gasteiger charge is -1.95. The van der Waals surface area contributed by atoms with Gasteiger partial charge in [-0.3, -0.25) is 4.79 Å². The van der Waals surface area contributed by atoms with Crippen LogP contribution in [0.25, 0.3) is 0 Å². The molecular formula is C6H10N4O2S. The third-order valence-corrected chi connectivity index (χ3v) is 2.10. The number of carbonyl (C=O) groups excluding carboxylic acids is 1. The van der Waals surface area contributed by atoms with Crippen molar-refractivity contribution in [3.8, 4) is 0 Å². The Balaban J connectivity index is 2.24. The lowest BCUT2D eigenvalue weighted by Crippen LogP contribution is -2.01. The van der Waals surface area contributed by atoms with E-state index in [1.54, 1.807) is 0 Å². The summed E-state index contributed by atoms with van der Waals surface area (Å²) in [6.45, 7) is 0. The van der Waals surface area contributed by atoms with Crippen LogP contribution in [0.4, 0.5) is 5.95 Å². The molecule has 1 aromatic rings. The average Bonchev–Trinajstić information content (AvgIpc) is 2.51. The second-order valence-electron chi connectivity index (χ2n) is 2.18. The van der Waals surface area contributed by atoms with E-state index in [4.69, 9.17) is 5.73 Å². The first kappa shape index (κ1) is 9.85. The van der Waals surface area contributed by atoms with Gasteiger partial charge in [-0.1, -0.05) is 11.8 Å². The number of thioether (sulfide) groups is 1. The van der Waals surface area contributed by atoms with E-state index in [0.29, 0.717) is 17.3 Å². The normalized spacial score (nSPS) is 9.92. The van der Waals surface area contributed by atoms with Crippen molar-refractivity contribution in [3.05, 3.63) is 0 Å². The van der Waals surface area contributed by atoms with Gasteiger partial charge in [0.15, 0.2) is 0 Å². The maximum atomic E-state index is 10.7. The van der Waals surface area contributed by atoms with Crippen LogP contribution < -0.4 is 5.73 Å². The fourth-order valence-electron chi connectivity index (χ4n) is 0.650. The van der Waals surface area contributed by atoms with Crippen molar-refractivity contribution in [1.29, 1.82) is 0 Å². The molecule has 0 radical (unpaired) electrons. The molecule has 0 amide bonds. The Kier molecular flexibility index (Phi) is 3.56. The molecule has 0 aliphatic rings. The third kappa shape index (κ3) is 3.32. The summed E-state index contributed by atoms with van der Waals surface area (Å²) in [6, 6.07) is 0. The molecule has 6 nitrogen and oxygen atoms in total. The van der Waals surface area contributed by atoms with Crippen molar-refractivity contribution in [2.75, 3.05) is 18.6 Å². The lowest BCUT2D eigenvalue weighted by atomic mass is 10.5. The van der Waals surface area contributed by atoms with E-state index in [-0.39, 0.29) is 11.9 Å². The quantitative estimate of drug-likeness (QED) is 0.529. The van der Waals surface area contributed by atoms with Gasteiger partial charge in [0, 0.05) is 5.75 Å². The van der Waals surface area contributed by atoms with Crippen LogP contribution in [-0.4, -0.2) is 34.0 Å². The number of rotatable bonds is 4. The van der Waals surface area contributed by atoms with Crippen molar-refractivity contribution >= 4 is 23.7 Å². The molecule has 3 N–H and O–H groups in total. The van der Waals surface area contributed by atoms with Gasteiger partial charge in [-0.2, -0.15) is 4.98 Å². The predicted octanol–water partition coefficient (Wildman–Crippen LogP) is 0.0421. The molecule has 0 saturated heterocycles. The van der Waals surface area contributed by atoms with E-state index in [0.717, 1.165) is 0 Å². The van der Waals surface area contributed by atoms with Crippen LogP contribution >= 0.6 is 11.8 Å². The van der Waals surface area contributed by atoms with Crippen LogP contribution in [0, 0.1) is 0 Å². The van der Waals surface area contributed by atoms with Crippen LogP contribution in [0.1, 0.15) is 6.42 Å². The van der Waals surface area contributed by atoms with Gasteiger partial charge >= 0.3 is 5.97 Å². The molecule has 0 aliphatic heterocycles. The molecule has 0 atom stereocenters. The molecule has 72 valence electrons. The van der Waals surface area contributed by atoms with Crippen molar-refractivity contribution in [3.63, 3.8) is 0 Å². The maximum Gasteiger partial charge on any atom is 0.306 e. The number of ether oxygens (including phenoxy) is 1. The summed E-state index contributed by atoms with van der Waals surface area (Å²) in [4.78, 5) is 14.6. The monoisotopic (exact) mass is 202 g/mol. The molecular weight excluding hydrogens is 192 g/mol. The van der Waals surface area contributed by atoms with E-state index in [2.05, 4.69) is 19.9 Å². The highest BCUT2D eigenvalue weighted by Gasteiger charge is 2.03. The number of methoxy groups -OCH3 is 1. The van der Waals surface area contributed by atoms with Gasteiger partial charge in [-0.05, 0) is 0 Å². The smallest absolute Gasteiger partial charge is 0.306 e. The second kappa shape index (κ2) is 4.70. The summed E-state index contributed by atoms with van der Waals surface area (Å²) in [7, 11) is 1.36. The van der Waals surface area contributed by atoms with Crippen molar-refractivity contribution < 1.29 is 9.53 Å². The summed E-state index contributed by atoms with van der Waals surface area (Å²) in [5.74, 6) is 0.626. The molecule has 7 heteroatoms. The number of carbonyl (C=O) groups is 1. The van der Waals surface area contributed by atoms with Crippen LogP contribution in [0.5, 0.6) is 0 Å². The summed E-state index contributed by atoms with van der Waals surface area (Å²) >= 11 is 1.35. The van der Waals surface area contributed by atoms with Crippen molar-refractivity contribution in [1.82, 2.24) is 15.2 Å². The van der Waals surface area contributed by atoms with Gasteiger partial charge in [-0.25, -0.2) is 5.10 Å². The first-order valence-electron chi connectivity index (χ1n) is 3.60. The lowest BCUT2D eigenvalue weighted by molar-refractivity contribution is -0.140. The molecule has 0 fully saturated rings. The first-order valence-corrected chi connectivity index (χ1v) is 4.58. The largest absolute Gasteiger partial charge is 0.469 e. The van der Waals surface area contributed by atoms with E-state index >= 15 is 0 Å². The molecule has 1 heterocycles. The van der Waals surface area contributed by atoms with Gasteiger partial charge in [0.05, 0.1) is 13.5 Å². The number of aromatic amines is 1. The number of aromatic nitrogens is 3. The van der Waals surface area contributed by atoms with Gasteiger partial charge in [-0.15, -0.1) is 5.10 Å². The number of nitrogens with one attached hydrogen (secondary N) is 1. The highest BCUT2D eigenvalue weighted by Crippen LogP contribution is 2.13. The van der Waals surface area contributed by atoms with Crippen LogP contribution in [-0.2, 0) is 9.53 Å². The van der Waals surface area contributed by atoms with E-state index in [1.807, 2.05) is 0 Å². The topological polar surface area (TPSA) is 93.9 Å². The van der Waals surface area contributed by atoms with Gasteiger partial charge in [0.2, 0.25) is 11.1 Å². The standard InChI is InChI=1S/C6H10N4O2S/c1-12-4(11)2-3-13-6-8-5(7)9-10-6/h2-3H2,1H3,(H3,7,8,9,10). The zero-order valence-corrected chi connectivity index (χ0v) is 7.93. The number of hydrogen-bond acceptors (Lipinski definition) is 6. The first-order chi connectivity index (χ1) is 6.22. The molecule has 0 unspecified atom stereocenters. The summed E-state index contributed by atoms with van der Waals surface area (Å²) in [5.41, 5.74) is 5.30. The number of H-pyrrole nitrogens is 1. The highest BCUT2D eigenvalue weighted by atomic mass is 32.2. The fourth-order valence-corrected chi connectivity index (χ4v) is 1.37. The summed E-state index contributed by atoms with van der Waals surface area (Å²) in [5, 5.41) is 6.83. The molecule has 0 bridgehead atoms. The minimum atomic E-state index is -0.240. The van der Waals surface area contributed by atoms with Crippen molar-refractivity contribution in [2.24, 2.45) is 0 Å². The Morgan fingerprint density at radius 2 is 2.54 bits per heavy atom. The average molecular weight is 202 g/mol. The molecule has 13 heavy (non-hydrogen) atoms.